The predicted molar refractivity (Wildman–Crippen MR) is 103 cm³/mol. The number of carboxylic acids is 1. The molecule has 0 aromatic carbocycles. The van der Waals surface area contributed by atoms with Gasteiger partial charge in [-0.2, -0.15) is 0 Å². The van der Waals surface area contributed by atoms with E-state index in [9.17, 15) is 9.90 Å². The molecule has 3 aliphatic rings. The smallest absolute Gasteiger partial charge is 0.338 e. The molecular weight excluding hydrogens is 352 g/mol. The number of nitrogens with zero attached hydrogens (tertiary/aromatic N) is 2. The van der Waals surface area contributed by atoms with Crippen LogP contribution in [0.25, 0.3) is 0 Å². The lowest BCUT2D eigenvalue weighted by Gasteiger charge is -2.46. The minimum absolute atomic E-state index is 0.0709. The van der Waals surface area contributed by atoms with Gasteiger partial charge in [-0.1, -0.05) is 6.92 Å². The van der Waals surface area contributed by atoms with Crippen LogP contribution in [-0.4, -0.2) is 78.4 Å². The Hall–Kier alpha value is -1.02. The van der Waals surface area contributed by atoms with Crippen LogP contribution in [0, 0.1) is 0 Å². The van der Waals surface area contributed by atoms with Crippen LogP contribution in [0.2, 0.25) is 0 Å². The van der Waals surface area contributed by atoms with E-state index in [-0.39, 0.29) is 12.3 Å². The Balaban J connectivity index is 1.92. The van der Waals surface area contributed by atoms with Crippen molar-refractivity contribution in [2.45, 2.75) is 45.4 Å². The Morgan fingerprint density at radius 3 is 2.69 bits per heavy atom. The van der Waals surface area contributed by atoms with Gasteiger partial charge in [0.05, 0.1) is 29.9 Å². The predicted octanol–water partition coefficient (Wildman–Crippen LogP) is 2.53. The third-order valence-corrected chi connectivity index (χ3v) is 6.18. The Bertz CT molecular complexity index is 566. The summed E-state index contributed by atoms with van der Waals surface area (Å²) in [4.78, 5) is 16.6. The third-order valence-electron chi connectivity index (χ3n) is 5.18. The van der Waals surface area contributed by atoms with Gasteiger partial charge in [0.2, 0.25) is 0 Å². The van der Waals surface area contributed by atoms with Crippen molar-refractivity contribution >= 4 is 17.7 Å². The lowest BCUT2D eigenvalue weighted by atomic mass is 10.0. The second kappa shape index (κ2) is 9.26. The van der Waals surface area contributed by atoms with E-state index in [1.807, 2.05) is 6.92 Å². The summed E-state index contributed by atoms with van der Waals surface area (Å²) in [6.07, 6.45) is 5.69. The summed E-state index contributed by atoms with van der Waals surface area (Å²) in [6, 6.07) is 0. The molecule has 2 saturated heterocycles. The molecular formula is C19H30N2O4S. The highest BCUT2D eigenvalue weighted by Crippen LogP contribution is 2.36. The number of hydrogen-bond acceptors (Lipinski definition) is 6. The number of thioether (sulfide) groups is 1. The zero-order valence-electron chi connectivity index (χ0n) is 15.8. The van der Waals surface area contributed by atoms with Crippen molar-refractivity contribution in [3.63, 3.8) is 0 Å². The molecule has 0 aliphatic carbocycles. The normalized spacial score (nSPS) is 28.2. The number of rotatable bonds is 6. The summed E-state index contributed by atoms with van der Waals surface area (Å²) >= 11 is 1.63. The van der Waals surface area contributed by atoms with Gasteiger partial charge in [-0.05, 0) is 43.6 Å². The Labute approximate surface area is 160 Å². The molecule has 0 aromatic rings. The van der Waals surface area contributed by atoms with E-state index in [1.165, 1.54) is 6.42 Å². The van der Waals surface area contributed by atoms with Gasteiger partial charge in [0.15, 0.2) is 0 Å². The first-order chi connectivity index (χ1) is 12.6. The molecule has 0 spiro atoms. The average molecular weight is 383 g/mol. The van der Waals surface area contributed by atoms with Crippen LogP contribution in [0.3, 0.4) is 0 Å². The molecule has 2 fully saturated rings. The van der Waals surface area contributed by atoms with E-state index >= 15 is 0 Å². The van der Waals surface area contributed by atoms with Crippen molar-refractivity contribution in [1.82, 2.24) is 9.80 Å². The summed E-state index contributed by atoms with van der Waals surface area (Å²) < 4.78 is 11.5. The van der Waals surface area contributed by atoms with Crippen LogP contribution in [-0.2, 0) is 14.3 Å². The molecule has 0 aromatic heterocycles. The summed E-state index contributed by atoms with van der Waals surface area (Å²) in [5, 5.41) is 10.7. The zero-order chi connectivity index (χ0) is 18.5. The van der Waals surface area contributed by atoms with Gasteiger partial charge in [0.25, 0.3) is 0 Å². The molecule has 3 aliphatic heterocycles. The van der Waals surface area contributed by atoms with Crippen LogP contribution in [0.4, 0.5) is 0 Å². The van der Waals surface area contributed by atoms with Gasteiger partial charge in [0, 0.05) is 26.2 Å². The average Bonchev–Trinajstić information content (AvgIpc) is 2.65. The quantitative estimate of drug-likeness (QED) is 0.757. The molecule has 7 heteroatoms. The van der Waals surface area contributed by atoms with E-state index in [1.54, 1.807) is 11.8 Å². The fourth-order valence-corrected chi connectivity index (χ4v) is 4.90. The van der Waals surface area contributed by atoms with E-state index < -0.39 is 5.97 Å². The molecule has 3 rings (SSSR count). The molecule has 0 bridgehead atoms. The van der Waals surface area contributed by atoms with Crippen LogP contribution >= 0.6 is 11.8 Å². The zero-order valence-corrected chi connectivity index (χ0v) is 16.6. The minimum Gasteiger partial charge on any atom is -0.478 e. The molecule has 1 N–H and O–H groups in total. The van der Waals surface area contributed by atoms with Gasteiger partial charge < -0.3 is 19.5 Å². The monoisotopic (exact) mass is 382 g/mol. The van der Waals surface area contributed by atoms with Gasteiger partial charge >= 0.3 is 5.97 Å². The Morgan fingerprint density at radius 2 is 2.08 bits per heavy atom. The molecule has 0 radical (unpaired) electrons. The van der Waals surface area contributed by atoms with Crippen molar-refractivity contribution < 1.29 is 19.4 Å². The summed E-state index contributed by atoms with van der Waals surface area (Å²) in [5.41, 5.74) is 1.29. The molecule has 3 heterocycles. The molecule has 2 atom stereocenters. The minimum atomic E-state index is -0.843. The van der Waals surface area contributed by atoms with Gasteiger partial charge in [-0.15, -0.1) is 11.8 Å². The fraction of sp³-hybridized carbons (Fsp3) is 0.737. The molecule has 26 heavy (non-hydrogen) atoms. The van der Waals surface area contributed by atoms with Crippen molar-refractivity contribution in [3.8, 4) is 0 Å². The number of ether oxygens (including phenoxy) is 2. The summed E-state index contributed by atoms with van der Waals surface area (Å²) in [7, 11) is 0. The van der Waals surface area contributed by atoms with E-state index in [0.29, 0.717) is 5.57 Å². The lowest BCUT2D eigenvalue weighted by molar-refractivity contribution is -0.132. The maximum atomic E-state index is 12.0. The van der Waals surface area contributed by atoms with Crippen molar-refractivity contribution in [2.75, 3.05) is 45.2 Å². The van der Waals surface area contributed by atoms with E-state index in [2.05, 4.69) is 22.8 Å². The van der Waals surface area contributed by atoms with Crippen LogP contribution in [0.5, 0.6) is 0 Å². The fourth-order valence-electron chi connectivity index (χ4n) is 3.89. The summed E-state index contributed by atoms with van der Waals surface area (Å²) in [6.45, 7) is 8.72. The molecule has 6 nitrogen and oxygen atoms in total. The van der Waals surface area contributed by atoms with E-state index in [0.717, 1.165) is 68.7 Å². The maximum absolute atomic E-state index is 12.0. The highest BCUT2D eigenvalue weighted by atomic mass is 32.2. The highest BCUT2D eigenvalue weighted by Gasteiger charge is 2.36. The highest BCUT2D eigenvalue weighted by molar-refractivity contribution is 8.03. The first-order valence-electron chi connectivity index (χ1n) is 9.61. The van der Waals surface area contributed by atoms with Crippen LogP contribution in [0.1, 0.15) is 33.1 Å². The molecule has 0 saturated carbocycles. The standard InChI is InChI=1S/C19H30N2O4S/c1-3-26-18-17(19(22)23)14(2)12-16(20-7-10-24-11-8-20)21(18)13-15-6-4-5-9-25-15/h12,15-16H,3-11,13H2,1-2H3,(H,22,23). The van der Waals surface area contributed by atoms with Crippen molar-refractivity contribution in [3.05, 3.63) is 22.3 Å². The molecule has 146 valence electrons. The number of aliphatic carboxylic acids is 1. The van der Waals surface area contributed by atoms with Gasteiger partial charge in [0.1, 0.15) is 6.17 Å². The molecule has 2 unspecified atom stereocenters. The summed E-state index contributed by atoms with van der Waals surface area (Å²) in [5.74, 6) is 0.00161. The number of carboxylic acid groups (broad SMARTS) is 1. The van der Waals surface area contributed by atoms with Crippen molar-refractivity contribution in [1.29, 1.82) is 0 Å². The topological polar surface area (TPSA) is 62.2 Å². The molecule has 0 amide bonds. The maximum Gasteiger partial charge on any atom is 0.338 e. The number of carbonyl (C=O) groups is 1. The first kappa shape index (κ1) is 19.7. The van der Waals surface area contributed by atoms with Gasteiger partial charge in [-0.3, -0.25) is 4.90 Å². The first-order valence-corrected chi connectivity index (χ1v) is 10.6. The Morgan fingerprint density at radius 1 is 1.31 bits per heavy atom. The number of hydrogen-bond donors (Lipinski definition) is 1. The Kier molecular flexibility index (Phi) is 7.03. The van der Waals surface area contributed by atoms with Crippen LogP contribution < -0.4 is 0 Å². The van der Waals surface area contributed by atoms with Crippen molar-refractivity contribution in [2.24, 2.45) is 0 Å². The largest absolute Gasteiger partial charge is 0.478 e. The lowest BCUT2D eigenvalue weighted by Crippen LogP contribution is -2.54. The third kappa shape index (κ3) is 4.44. The van der Waals surface area contributed by atoms with Gasteiger partial charge in [-0.25, -0.2) is 4.79 Å². The second-order valence-corrected chi connectivity index (χ2v) is 8.22. The number of morpholine rings is 1. The SMILES string of the molecule is CCSC1=C(C(=O)O)C(C)=CC(N2CCOCC2)N1CC1CCCCO1. The van der Waals surface area contributed by atoms with E-state index in [4.69, 9.17) is 9.47 Å². The van der Waals surface area contributed by atoms with Crippen LogP contribution in [0.15, 0.2) is 22.3 Å². The second-order valence-electron chi connectivity index (χ2n) is 6.97.